The molecule has 0 bridgehead atoms. The van der Waals surface area contributed by atoms with Crippen molar-refractivity contribution in [3.63, 3.8) is 0 Å². The first-order valence-corrected chi connectivity index (χ1v) is 6.31. The fraction of sp³-hybridized carbons (Fsp3) is 0.429. The second kappa shape index (κ2) is 5.81. The van der Waals surface area contributed by atoms with Crippen molar-refractivity contribution in [2.45, 2.75) is 6.42 Å². The summed E-state index contributed by atoms with van der Waals surface area (Å²) in [6.45, 7) is 0.775. The van der Waals surface area contributed by atoms with Crippen LogP contribution in [0.4, 0.5) is 0 Å². The van der Waals surface area contributed by atoms with Crippen LogP contribution in [0.25, 0.3) is 0 Å². The number of esters is 1. The smallest absolute Gasteiger partial charge is 0.310 e. The first-order chi connectivity index (χ1) is 9.56. The molecule has 1 aliphatic heterocycles. The molecule has 2 rings (SSSR count). The number of hydrogen-bond acceptors (Lipinski definition) is 5. The molecule has 6 nitrogen and oxygen atoms in total. The molecule has 0 spiro atoms. The van der Waals surface area contributed by atoms with Gasteiger partial charge in [0.1, 0.15) is 11.5 Å². The van der Waals surface area contributed by atoms with Gasteiger partial charge in [-0.05, 0) is 24.6 Å². The summed E-state index contributed by atoms with van der Waals surface area (Å²) >= 11 is 0. The number of benzene rings is 1. The summed E-state index contributed by atoms with van der Waals surface area (Å²) in [6, 6.07) is 4.48. The Morgan fingerprint density at radius 1 is 1.35 bits per heavy atom. The molecule has 1 fully saturated rings. The van der Waals surface area contributed by atoms with E-state index in [9.17, 15) is 14.7 Å². The Bertz CT molecular complexity index is 528. The third kappa shape index (κ3) is 2.68. The van der Waals surface area contributed by atoms with Crippen molar-refractivity contribution in [1.82, 2.24) is 4.90 Å². The van der Waals surface area contributed by atoms with E-state index in [1.165, 1.54) is 31.3 Å². The fourth-order valence-corrected chi connectivity index (χ4v) is 2.29. The zero-order valence-corrected chi connectivity index (χ0v) is 11.5. The van der Waals surface area contributed by atoms with Gasteiger partial charge in [0.05, 0.1) is 25.7 Å². The molecule has 0 radical (unpaired) electrons. The van der Waals surface area contributed by atoms with Gasteiger partial charge in [-0.3, -0.25) is 9.59 Å². The summed E-state index contributed by atoms with van der Waals surface area (Å²) in [5, 5.41) is 9.79. The van der Waals surface area contributed by atoms with Crippen molar-refractivity contribution in [2.75, 3.05) is 27.3 Å². The minimum Gasteiger partial charge on any atom is -0.507 e. The molecule has 1 aliphatic rings. The second-order valence-electron chi connectivity index (χ2n) is 4.64. The SMILES string of the molecule is COC(=O)C1CCN(C(=O)c2cc(OC)ccc2O)C1. The number of nitrogens with zero attached hydrogens (tertiary/aromatic N) is 1. The molecule has 1 aromatic carbocycles. The zero-order chi connectivity index (χ0) is 14.7. The minimum absolute atomic E-state index is 0.0997. The van der Waals surface area contributed by atoms with Crippen LogP contribution in [-0.2, 0) is 9.53 Å². The number of carbonyl (C=O) groups is 2. The minimum atomic E-state index is -0.312. The first kappa shape index (κ1) is 14.2. The number of aromatic hydroxyl groups is 1. The molecule has 20 heavy (non-hydrogen) atoms. The van der Waals surface area contributed by atoms with Gasteiger partial charge in [0, 0.05) is 13.1 Å². The molecule has 1 amide bonds. The molecule has 0 aliphatic carbocycles. The Morgan fingerprint density at radius 3 is 2.75 bits per heavy atom. The van der Waals surface area contributed by atoms with E-state index in [2.05, 4.69) is 4.74 Å². The van der Waals surface area contributed by atoms with Crippen LogP contribution in [0.5, 0.6) is 11.5 Å². The molecule has 0 saturated carbocycles. The summed E-state index contributed by atoms with van der Waals surface area (Å²) in [4.78, 5) is 25.3. The maximum Gasteiger partial charge on any atom is 0.310 e. The van der Waals surface area contributed by atoms with Gasteiger partial charge in [-0.1, -0.05) is 0 Å². The number of amides is 1. The Labute approximate surface area is 116 Å². The van der Waals surface area contributed by atoms with Gasteiger partial charge >= 0.3 is 5.97 Å². The maximum atomic E-state index is 12.4. The summed E-state index contributed by atoms with van der Waals surface area (Å²) < 4.78 is 9.73. The van der Waals surface area contributed by atoms with Crippen LogP contribution in [0.1, 0.15) is 16.8 Å². The van der Waals surface area contributed by atoms with Gasteiger partial charge in [0.25, 0.3) is 5.91 Å². The van der Waals surface area contributed by atoms with Crippen LogP contribution >= 0.6 is 0 Å². The van der Waals surface area contributed by atoms with Crippen LogP contribution in [0.2, 0.25) is 0 Å². The Kier molecular flexibility index (Phi) is 4.12. The van der Waals surface area contributed by atoms with E-state index in [1.807, 2.05) is 0 Å². The molecule has 1 saturated heterocycles. The third-order valence-corrected chi connectivity index (χ3v) is 3.44. The van der Waals surface area contributed by atoms with E-state index >= 15 is 0 Å². The topological polar surface area (TPSA) is 76.1 Å². The van der Waals surface area contributed by atoms with E-state index in [0.29, 0.717) is 25.3 Å². The number of carbonyl (C=O) groups excluding carboxylic acids is 2. The normalized spacial score (nSPS) is 17.9. The lowest BCUT2D eigenvalue weighted by Gasteiger charge is -2.17. The van der Waals surface area contributed by atoms with Crippen LogP contribution in [0.15, 0.2) is 18.2 Å². The van der Waals surface area contributed by atoms with E-state index in [-0.39, 0.29) is 29.1 Å². The number of likely N-dealkylation sites (tertiary alicyclic amines) is 1. The standard InChI is InChI=1S/C14H17NO5/c1-19-10-3-4-12(16)11(7-10)13(17)15-6-5-9(8-15)14(18)20-2/h3-4,7,9,16H,5-6,8H2,1-2H3. The van der Waals surface area contributed by atoms with E-state index < -0.39 is 0 Å². The highest BCUT2D eigenvalue weighted by molar-refractivity contribution is 5.97. The fourth-order valence-electron chi connectivity index (χ4n) is 2.29. The lowest BCUT2D eigenvalue weighted by Crippen LogP contribution is -2.30. The van der Waals surface area contributed by atoms with Crippen molar-refractivity contribution in [2.24, 2.45) is 5.92 Å². The number of phenols is 1. The van der Waals surface area contributed by atoms with Crippen LogP contribution < -0.4 is 4.74 Å². The summed E-state index contributed by atoms with van der Waals surface area (Å²) in [5.74, 6) is -0.521. The molecular formula is C14H17NO5. The number of rotatable bonds is 3. The molecule has 1 heterocycles. The number of hydrogen-bond donors (Lipinski definition) is 1. The van der Waals surface area contributed by atoms with Crippen molar-refractivity contribution in [1.29, 1.82) is 0 Å². The van der Waals surface area contributed by atoms with Gasteiger partial charge in [-0.25, -0.2) is 0 Å². The molecule has 1 N–H and O–H groups in total. The average Bonchev–Trinajstić information content (AvgIpc) is 2.96. The number of ether oxygens (including phenoxy) is 2. The molecule has 0 aromatic heterocycles. The summed E-state index contributed by atoms with van der Waals surface area (Å²) in [5.41, 5.74) is 0.176. The lowest BCUT2D eigenvalue weighted by molar-refractivity contribution is -0.144. The van der Waals surface area contributed by atoms with E-state index in [0.717, 1.165) is 0 Å². The van der Waals surface area contributed by atoms with Crippen molar-refractivity contribution >= 4 is 11.9 Å². The van der Waals surface area contributed by atoms with Crippen LogP contribution in [0.3, 0.4) is 0 Å². The van der Waals surface area contributed by atoms with Crippen molar-refractivity contribution in [3.05, 3.63) is 23.8 Å². The predicted molar refractivity (Wildman–Crippen MR) is 70.7 cm³/mol. The van der Waals surface area contributed by atoms with Crippen LogP contribution in [0, 0.1) is 5.92 Å². The maximum absolute atomic E-state index is 12.4. The average molecular weight is 279 g/mol. The van der Waals surface area contributed by atoms with E-state index in [4.69, 9.17) is 4.74 Å². The number of phenolic OH excluding ortho intramolecular Hbond substituents is 1. The highest BCUT2D eigenvalue weighted by atomic mass is 16.5. The van der Waals surface area contributed by atoms with Gasteiger partial charge in [0.15, 0.2) is 0 Å². The Hall–Kier alpha value is -2.24. The van der Waals surface area contributed by atoms with Crippen molar-refractivity contribution in [3.8, 4) is 11.5 Å². The molecule has 1 aromatic rings. The zero-order valence-electron chi connectivity index (χ0n) is 11.5. The monoisotopic (exact) mass is 279 g/mol. The number of methoxy groups -OCH3 is 2. The lowest BCUT2D eigenvalue weighted by atomic mass is 10.1. The third-order valence-electron chi connectivity index (χ3n) is 3.44. The molecule has 1 unspecified atom stereocenters. The molecule has 1 atom stereocenters. The Balaban J connectivity index is 2.15. The quantitative estimate of drug-likeness (QED) is 0.836. The van der Waals surface area contributed by atoms with Gasteiger partial charge in [-0.2, -0.15) is 0 Å². The highest BCUT2D eigenvalue weighted by Gasteiger charge is 2.33. The first-order valence-electron chi connectivity index (χ1n) is 6.31. The van der Waals surface area contributed by atoms with Crippen LogP contribution in [-0.4, -0.2) is 49.2 Å². The van der Waals surface area contributed by atoms with E-state index in [1.54, 1.807) is 6.07 Å². The summed E-state index contributed by atoms with van der Waals surface area (Å²) in [7, 11) is 2.82. The Morgan fingerprint density at radius 2 is 2.10 bits per heavy atom. The summed E-state index contributed by atoms with van der Waals surface area (Å²) in [6.07, 6.45) is 0.573. The van der Waals surface area contributed by atoms with Crippen molar-refractivity contribution < 1.29 is 24.2 Å². The van der Waals surface area contributed by atoms with Gasteiger partial charge < -0.3 is 19.5 Å². The molecular weight excluding hydrogens is 262 g/mol. The second-order valence-corrected chi connectivity index (χ2v) is 4.64. The van der Waals surface area contributed by atoms with Gasteiger partial charge in [0.2, 0.25) is 0 Å². The highest BCUT2D eigenvalue weighted by Crippen LogP contribution is 2.27. The largest absolute Gasteiger partial charge is 0.507 e. The van der Waals surface area contributed by atoms with Gasteiger partial charge in [-0.15, -0.1) is 0 Å². The predicted octanol–water partition coefficient (Wildman–Crippen LogP) is 1.04. The molecule has 6 heteroatoms. The molecule has 108 valence electrons.